The number of benzene rings is 2. The molecule has 1 aliphatic heterocycles. The van der Waals surface area contributed by atoms with Crippen LogP contribution in [-0.4, -0.2) is 17.7 Å². The number of hydrogen-bond acceptors (Lipinski definition) is 1. The fourth-order valence-corrected chi connectivity index (χ4v) is 2.74. The van der Waals surface area contributed by atoms with Gasteiger partial charge in [0.25, 0.3) is 0 Å². The van der Waals surface area contributed by atoms with Crippen LogP contribution in [0.25, 0.3) is 21.8 Å². The van der Waals surface area contributed by atoms with Crippen molar-refractivity contribution in [1.82, 2.24) is 4.98 Å². The third kappa shape index (κ3) is 2.13. The van der Waals surface area contributed by atoms with Crippen LogP contribution in [0.2, 0.25) is 0 Å². The molecule has 19 heavy (non-hydrogen) atoms. The van der Waals surface area contributed by atoms with Gasteiger partial charge in [-0.2, -0.15) is 0 Å². The molecular formula is C17H21NO. The van der Waals surface area contributed by atoms with E-state index in [1.165, 1.54) is 27.4 Å². The summed E-state index contributed by atoms with van der Waals surface area (Å²) < 4.78 is 5.30. The molecular weight excluding hydrogens is 234 g/mol. The molecule has 100 valence electrons. The van der Waals surface area contributed by atoms with Gasteiger partial charge in [-0.1, -0.05) is 37.8 Å². The Morgan fingerprint density at radius 2 is 1.89 bits per heavy atom. The van der Waals surface area contributed by atoms with E-state index in [1.54, 1.807) is 0 Å². The summed E-state index contributed by atoms with van der Waals surface area (Å²) in [6, 6.07) is 15.1. The van der Waals surface area contributed by atoms with Crippen molar-refractivity contribution >= 4 is 21.8 Å². The van der Waals surface area contributed by atoms with Crippen molar-refractivity contribution in [3.05, 3.63) is 48.0 Å². The summed E-state index contributed by atoms with van der Waals surface area (Å²) in [5.41, 5.74) is 3.90. The normalized spacial score (nSPS) is 17.6. The van der Waals surface area contributed by atoms with Crippen LogP contribution in [0.15, 0.2) is 42.5 Å². The average molecular weight is 255 g/mol. The Morgan fingerprint density at radius 1 is 1.11 bits per heavy atom. The van der Waals surface area contributed by atoms with E-state index in [-0.39, 0.29) is 8.85 Å². The molecule has 1 unspecified atom stereocenters. The first-order valence-corrected chi connectivity index (χ1v) is 6.52. The van der Waals surface area contributed by atoms with Crippen LogP contribution in [0.1, 0.15) is 20.8 Å². The molecule has 1 saturated heterocycles. The summed E-state index contributed by atoms with van der Waals surface area (Å²) >= 11 is 0. The molecule has 2 aromatic carbocycles. The number of hydrogen-bond donors (Lipinski definition) is 1. The maximum atomic E-state index is 5.30. The molecule has 1 N–H and O–H groups in total. The van der Waals surface area contributed by atoms with Gasteiger partial charge in [0.2, 0.25) is 0 Å². The van der Waals surface area contributed by atoms with E-state index in [4.69, 9.17) is 4.74 Å². The van der Waals surface area contributed by atoms with E-state index in [0.717, 1.165) is 19.4 Å². The lowest BCUT2D eigenvalue weighted by Gasteiger charge is -2.02. The van der Waals surface area contributed by atoms with Crippen LogP contribution in [-0.2, 0) is 11.2 Å². The molecule has 0 amide bonds. The van der Waals surface area contributed by atoms with Gasteiger partial charge in [-0.15, -0.1) is 0 Å². The van der Waals surface area contributed by atoms with Gasteiger partial charge in [-0.25, -0.2) is 0 Å². The Hall–Kier alpha value is -1.80. The van der Waals surface area contributed by atoms with E-state index < -0.39 is 0 Å². The Morgan fingerprint density at radius 3 is 2.74 bits per heavy atom. The van der Waals surface area contributed by atoms with Crippen molar-refractivity contribution < 1.29 is 6.16 Å². The third-order valence-corrected chi connectivity index (χ3v) is 3.75. The molecule has 0 saturated carbocycles. The van der Waals surface area contributed by atoms with Crippen LogP contribution in [0.3, 0.4) is 0 Å². The largest absolute Gasteiger partial charge is 0.373 e. The molecule has 0 radical (unpaired) electrons. The summed E-state index contributed by atoms with van der Waals surface area (Å²) in [4.78, 5) is 3.49. The second kappa shape index (κ2) is 4.71. The molecule has 2 nitrogen and oxygen atoms in total. The molecule has 4 rings (SSSR count). The predicted octanol–water partition coefficient (Wildman–Crippen LogP) is 4.53. The number of fused-ring (bicyclic) bond motifs is 3. The fraction of sp³-hybridized carbons (Fsp3) is 0.294. The van der Waals surface area contributed by atoms with E-state index >= 15 is 0 Å². The number of nitrogens with one attached hydrogen (secondary N) is 1. The summed E-state index contributed by atoms with van der Waals surface area (Å²) in [6.45, 7) is 0.948. The maximum absolute atomic E-state index is 5.30. The molecule has 2 heteroatoms. The highest BCUT2D eigenvalue weighted by Gasteiger charge is 2.22. The summed E-state index contributed by atoms with van der Waals surface area (Å²) in [6.07, 6.45) is 2.74. The van der Waals surface area contributed by atoms with Gasteiger partial charge < -0.3 is 9.72 Å². The Kier molecular flexibility index (Phi) is 3.03. The predicted molar refractivity (Wildman–Crippen MR) is 82.7 cm³/mol. The first-order valence-electron chi connectivity index (χ1n) is 6.52. The van der Waals surface area contributed by atoms with E-state index in [9.17, 15) is 0 Å². The second-order valence-electron chi connectivity index (χ2n) is 5.00. The van der Waals surface area contributed by atoms with Gasteiger partial charge in [0.1, 0.15) is 0 Å². The van der Waals surface area contributed by atoms with E-state index in [1.807, 2.05) is 0 Å². The van der Waals surface area contributed by atoms with E-state index in [0.29, 0.717) is 6.10 Å². The van der Waals surface area contributed by atoms with Gasteiger partial charge in [0, 0.05) is 23.2 Å². The first-order chi connectivity index (χ1) is 8.92. The zero-order valence-corrected chi connectivity index (χ0v) is 10.1. The number of aryl methyl sites for hydroxylation is 1. The minimum absolute atomic E-state index is 0. The first kappa shape index (κ1) is 12.2. The molecule has 0 aliphatic carbocycles. The van der Waals surface area contributed by atoms with Crippen LogP contribution in [0.4, 0.5) is 0 Å². The number of epoxide rings is 1. The van der Waals surface area contributed by atoms with Gasteiger partial charge >= 0.3 is 0 Å². The van der Waals surface area contributed by atoms with Crippen LogP contribution in [0, 0.1) is 0 Å². The standard InChI is InChI=1S/C16H15NO.CH4.H2/c1-2-6-14-13(5-1)16-11(8-9-12-10-18-12)4-3-7-15(16)17-14;;/h1-7,12,17H,8-10H2;1H4;1H. The number of rotatable bonds is 3. The molecule has 0 bridgehead atoms. The van der Waals surface area contributed by atoms with Gasteiger partial charge in [-0.3, -0.25) is 0 Å². The average Bonchev–Trinajstić information content (AvgIpc) is 3.15. The quantitative estimate of drug-likeness (QED) is 0.684. The van der Waals surface area contributed by atoms with Crippen molar-refractivity contribution in [1.29, 1.82) is 0 Å². The van der Waals surface area contributed by atoms with Crippen LogP contribution < -0.4 is 0 Å². The third-order valence-electron chi connectivity index (χ3n) is 3.75. The monoisotopic (exact) mass is 255 g/mol. The van der Waals surface area contributed by atoms with Gasteiger partial charge in [0.15, 0.2) is 0 Å². The SMILES string of the molecule is C.[HH].c1ccc2c(c1)[nH]c1cccc(CCC3CO3)c12. The number of aromatic amines is 1. The van der Waals surface area contributed by atoms with Crippen molar-refractivity contribution in [3.63, 3.8) is 0 Å². The Bertz CT molecular complexity index is 715. The Balaban J connectivity index is 0.000000735. The lowest BCUT2D eigenvalue weighted by atomic mass is 10.0. The minimum Gasteiger partial charge on any atom is -0.373 e. The molecule has 2 heterocycles. The summed E-state index contributed by atoms with van der Waals surface area (Å²) in [5, 5.41) is 2.72. The number of para-hydroxylation sites is 1. The molecule has 0 spiro atoms. The number of aromatic nitrogens is 1. The lowest BCUT2D eigenvalue weighted by molar-refractivity contribution is 0.397. The molecule has 1 atom stereocenters. The van der Waals surface area contributed by atoms with Crippen molar-refractivity contribution in [3.8, 4) is 0 Å². The zero-order chi connectivity index (χ0) is 11.9. The highest BCUT2D eigenvalue weighted by Crippen LogP contribution is 2.29. The highest BCUT2D eigenvalue weighted by atomic mass is 16.6. The zero-order valence-electron chi connectivity index (χ0n) is 10.1. The topological polar surface area (TPSA) is 28.3 Å². The smallest absolute Gasteiger partial charge is 0.0813 e. The molecule has 1 fully saturated rings. The lowest BCUT2D eigenvalue weighted by Crippen LogP contribution is -1.91. The van der Waals surface area contributed by atoms with Crippen molar-refractivity contribution in [2.24, 2.45) is 0 Å². The van der Waals surface area contributed by atoms with Crippen molar-refractivity contribution in [2.45, 2.75) is 26.4 Å². The highest BCUT2D eigenvalue weighted by molar-refractivity contribution is 6.08. The Labute approximate surface area is 114 Å². The maximum Gasteiger partial charge on any atom is 0.0813 e. The number of ether oxygens (including phenoxy) is 1. The molecule has 1 aromatic heterocycles. The van der Waals surface area contributed by atoms with Gasteiger partial charge in [0.05, 0.1) is 12.7 Å². The molecule has 1 aliphatic rings. The van der Waals surface area contributed by atoms with Gasteiger partial charge in [-0.05, 0) is 30.5 Å². The summed E-state index contributed by atoms with van der Waals surface area (Å²) in [7, 11) is 0. The van der Waals surface area contributed by atoms with Crippen molar-refractivity contribution in [2.75, 3.05) is 6.61 Å². The van der Waals surface area contributed by atoms with Crippen LogP contribution in [0.5, 0.6) is 0 Å². The number of H-pyrrole nitrogens is 1. The second-order valence-corrected chi connectivity index (χ2v) is 5.00. The fourth-order valence-electron chi connectivity index (χ4n) is 2.74. The van der Waals surface area contributed by atoms with Crippen LogP contribution >= 0.6 is 0 Å². The van der Waals surface area contributed by atoms with E-state index in [2.05, 4.69) is 47.4 Å². The summed E-state index contributed by atoms with van der Waals surface area (Å²) in [5.74, 6) is 0. The molecule has 3 aromatic rings. The minimum atomic E-state index is 0.